The van der Waals surface area contributed by atoms with Crippen LogP contribution in [0.3, 0.4) is 0 Å². The van der Waals surface area contributed by atoms with E-state index in [-0.39, 0.29) is 11.0 Å². The summed E-state index contributed by atoms with van der Waals surface area (Å²) < 4.78 is 12.4. The molecule has 0 bridgehead atoms. The van der Waals surface area contributed by atoms with Crippen molar-refractivity contribution in [2.45, 2.75) is 46.8 Å². The summed E-state index contributed by atoms with van der Waals surface area (Å²) in [5.74, 6) is 0.744. The second-order valence-electron chi connectivity index (χ2n) is 10.5. The van der Waals surface area contributed by atoms with Gasteiger partial charge in [-0.05, 0) is 54.1 Å². The molecule has 0 aliphatic rings. The van der Waals surface area contributed by atoms with Crippen LogP contribution in [0.15, 0.2) is 89.9 Å². The van der Waals surface area contributed by atoms with Gasteiger partial charge in [-0.1, -0.05) is 105 Å². The fourth-order valence-electron chi connectivity index (χ4n) is 3.79. The van der Waals surface area contributed by atoms with Crippen LogP contribution in [-0.4, -0.2) is 19.8 Å². The van der Waals surface area contributed by atoms with Crippen LogP contribution in [0.2, 0.25) is 0 Å². The lowest BCUT2D eigenvalue weighted by atomic mass is 9.76. The lowest BCUT2D eigenvalue weighted by Gasteiger charge is -2.39. The summed E-state index contributed by atoms with van der Waals surface area (Å²) in [7, 11) is 0.593. The van der Waals surface area contributed by atoms with Gasteiger partial charge in [0.25, 0.3) is 0 Å². The van der Waals surface area contributed by atoms with Crippen molar-refractivity contribution in [3.8, 4) is 16.9 Å². The molecule has 4 rings (SSSR count). The molecule has 3 nitrogen and oxygen atoms in total. The zero-order chi connectivity index (χ0) is 25.1. The highest BCUT2D eigenvalue weighted by atomic mass is 16.5. The summed E-state index contributed by atoms with van der Waals surface area (Å²) in [4.78, 5) is 4.23. The average molecular weight is 463 g/mol. The Bertz CT molecular complexity index is 1320. The molecule has 0 unspecified atom stereocenters. The molecule has 0 saturated carbocycles. The zero-order valence-corrected chi connectivity index (χ0v) is 21.5. The van der Waals surface area contributed by atoms with Crippen LogP contribution in [0, 0.1) is 5.41 Å². The van der Waals surface area contributed by atoms with Gasteiger partial charge in [0.2, 0.25) is 0 Å². The van der Waals surface area contributed by atoms with Gasteiger partial charge in [-0.15, -0.1) is 0 Å². The first-order chi connectivity index (χ1) is 16.7. The Morgan fingerprint density at radius 3 is 2.26 bits per heavy atom. The fraction of sp³-hybridized carbons (Fsp3) is 0.258. The van der Waals surface area contributed by atoms with E-state index in [4.69, 9.17) is 9.39 Å². The SMILES string of the molecule is C=Nc1c(OCc2ccc(-c3cccc(BOC(C)(C)C(C)(C)C)c3)cc2)ccc2ccccc12. The van der Waals surface area contributed by atoms with E-state index < -0.39 is 0 Å². The third-order valence-corrected chi connectivity index (χ3v) is 7.04. The highest BCUT2D eigenvalue weighted by Gasteiger charge is 2.33. The molecule has 0 amide bonds. The highest BCUT2D eigenvalue weighted by molar-refractivity contribution is 6.47. The van der Waals surface area contributed by atoms with Crippen LogP contribution in [0.4, 0.5) is 5.69 Å². The molecular formula is C31H34BNO2. The first-order valence-corrected chi connectivity index (χ1v) is 12.1. The molecule has 35 heavy (non-hydrogen) atoms. The average Bonchev–Trinajstić information content (AvgIpc) is 2.85. The molecule has 0 fully saturated rings. The van der Waals surface area contributed by atoms with E-state index in [1.54, 1.807) is 0 Å². The summed E-state index contributed by atoms with van der Waals surface area (Å²) in [5.41, 5.74) is 5.27. The van der Waals surface area contributed by atoms with Crippen molar-refractivity contribution in [1.82, 2.24) is 0 Å². The van der Waals surface area contributed by atoms with Crippen molar-refractivity contribution in [2.75, 3.05) is 0 Å². The molecule has 0 heterocycles. The number of hydrogen-bond donors (Lipinski definition) is 0. The second-order valence-corrected chi connectivity index (χ2v) is 10.5. The van der Waals surface area contributed by atoms with Crippen LogP contribution in [0.5, 0.6) is 5.75 Å². The second kappa shape index (κ2) is 10.1. The maximum atomic E-state index is 6.28. The Morgan fingerprint density at radius 1 is 0.800 bits per heavy atom. The monoisotopic (exact) mass is 463 g/mol. The van der Waals surface area contributed by atoms with Gasteiger partial charge in [0, 0.05) is 5.39 Å². The maximum absolute atomic E-state index is 6.28. The normalized spacial score (nSPS) is 11.9. The van der Waals surface area contributed by atoms with Crippen molar-refractivity contribution >= 4 is 36.1 Å². The predicted molar refractivity (Wildman–Crippen MR) is 151 cm³/mol. The Labute approximate surface area is 210 Å². The minimum atomic E-state index is -0.212. The Balaban J connectivity index is 1.44. The van der Waals surface area contributed by atoms with E-state index in [9.17, 15) is 0 Å². The van der Waals surface area contributed by atoms with Crippen LogP contribution < -0.4 is 10.2 Å². The van der Waals surface area contributed by atoms with Crippen LogP contribution in [-0.2, 0) is 11.3 Å². The lowest BCUT2D eigenvalue weighted by molar-refractivity contribution is 0.00504. The largest absolute Gasteiger partial charge is 0.487 e. The number of fused-ring (bicyclic) bond motifs is 1. The summed E-state index contributed by atoms with van der Waals surface area (Å²) in [5, 5.41) is 2.17. The quantitative estimate of drug-likeness (QED) is 0.204. The van der Waals surface area contributed by atoms with Gasteiger partial charge in [-0.3, -0.25) is 4.99 Å². The summed E-state index contributed by atoms with van der Waals surface area (Å²) in [6.07, 6.45) is 0. The fourth-order valence-corrected chi connectivity index (χ4v) is 3.79. The number of nitrogens with zero attached hydrogens (tertiary/aromatic N) is 1. The number of hydrogen-bond acceptors (Lipinski definition) is 3. The van der Waals surface area contributed by atoms with Gasteiger partial charge < -0.3 is 9.39 Å². The van der Waals surface area contributed by atoms with E-state index in [0.29, 0.717) is 14.1 Å². The highest BCUT2D eigenvalue weighted by Crippen LogP contribution is 2.36. The molecule has 0 atom stereocenters. The summed E-state index contributed by atoms with van der Waals surface area (Å²) in [6, 6.07) is 29.3. The summed E-state index contributed by atoms with van der Waals surface area (Å²) in [6.45, 7) is 15.2. The van der Waals surface area contributed by atoms with E-state index >= 15 is 0 Å². The molecule has 0 N–H and O–H groups in total. The van der Waals surface area contributed by atoms with Gasteiger partial charge in [0.1, 0.15) is 18.0 Å². The topological polar surface area (TPSA) is 30.8 Å². The molecule has 4 aromatic carbocycles. The number of aliphatic imine (C=N–C) groups is 1. The van der Waals surface area contributed by atoms with Crippen molar-refractivity contribution in [2.24, 2.45) is 10.4 Å². The Morgan fingerprint density at radius 2 is 1.54 bits per heavy atom. The van der Waals surface area contributed by atoms with E-state index in [1.165, 1.54) is 16.6 Å². The molecule has 4 aromatic rings. The standard InChI is InChI=1S/C31H34BNO2/c1-30(2,3)31(4,5)35-32-26-12-9-11-25(20-26)23-16-14-22(15-17-23)21-34-28-19-18-24-10-7-8-13-27(24)29(28)33-6/h7-20,32H,6,21H2,1-5H3. The van der Waals surface area contributed by atoms with Crippen LogP contribution in [0.1, 0.15) is 40.2 Å². The van der Waals surface area contributed by atoms with E-state index in [0.717, 1.165) is 27.8 Å². The molecule has 4 heteroatoms. The molecular weight excluding hydrogens is 429 g/mol. The maximum Gasteiger partial charge on any atom is 0.309 e. The van der Waals surface area contributed by atoms with Gasteiger partial charge >= 0.3 is 7.48 Å². The van der Waals surface area contributed by atoms with Crippen LogP contribution in [0.25, 0.3) is 21.9 Å². The van der Waals surface area contributed by atoms with E-state index in [1.807, 2.05) is 24.3 Å². The van der Waals surface area contributed by atoms with Crippen molar-refractivity contribution in [3.05, 3.63) is 90.5 Å². The molecule has 0 spiro atoms. The van der Waals surface area contributed by atoms with Gasteiger partial charge in [0.05, 0.1) is 5.60 Å². The molecule has 0 saturated heterocycles. The lowest BCUT2D eigenvalue weighted by Crippen LogP contribution is -2.42. The number of ether oxygens (including phenoxy) is 1. The number of benzene rings is 4. The van der Waals surface area contributed by atoms with Crippen molar-refractivity contribution in [3.63, 3.8) is 0 Å². The van der Waals surface area contributed by atoms with E-state index in [2.05, 4.69) is 107 Å². The van der Waals surface area contributed by atoms with Crippen molar-refractivity contribution in [1.29, 1.82) is 0 Å². The first-order valence-electron chi connectivity index (χ1n) is 12.1. The minimum absolute atomic E-state index is 0.0673. The smallest absolute Gasteiger partial charge is 0.309 e. The summed E-state index contributed by atoms with van der Waals surface area (Å²) >= 11 is 0. The van der Waals surface area contributed by atoms with Crippen LogP contribution >= 0.6 is 0 Å². The molecule has 0 radical (unpaired) electrons. The third-order valence-electron chi connectivity index (χ3n) is 7.04. The predicted octanol–water partition coefficient (Wildman–Crippen LogP) is 7.24. The molecule has 0 aliphatic carbocycles. The number of rotatable bonds is 8. The van der Waals surface area contributed by atoms with Gasteiger partial charge in [0.15, 0.2) is 0 Å². The van der Waals surface area contributed by atoms with Crippen molar-refractivity contribution < 1.29 is 9.39 Å². The third kappa shape index (κ3) is 5.66. The molecule has 0 aliphatic heterocycles. The first kappa shape index (κ1) is 24.7. The van der Waals surface area contributed by atoms with Gasteiger partial charge in [-0.2, -0.15) is 0 Å². The molecule has 178 valence electrons. The Kier molecular flexibility index (Phi) is 7.14. The van der Waals surface area contributed by atoms with Gasteiger partial charge in [-0.25, -0.2) is 0 Å². The minimum Gasteiger partial charge on any atom is -0.487 e. The Hall–Kier alpha value is -3.37. The molecule has 0 aromatic heterocycles. The zero-order valence-electron chi connectivity index (χ0n) is 21.5.